The molecule has 82 heavy (non-hydrogen) atoms. The van der Waals surface area contributed by atoms with Crippen LogP contribution in [0.1, 0.15) is 400 Å². The molecule has 6 nitrogen and oxygen atoms in total. The molecule has 0 aromatic rings. The van der Waals surface area contributed by atoms with Crippen LogP contribution in [0.3, 0.4) is 0 Å². The van der Waals surface area contributed by atoms with Crippen molar-refractivity contribution in [2.45, 2.75) is 406 Å². The number of rotatable bonds is 68. The summed E-state index contributed by atoms with van der Waals surface area (Å²) in [4.78, 5) is 38.4. The van der Waals surface area contributed by atoms with Crippen LogP contribution in [-0.4, -0.2) is 37.2 Å². The first kappa shape index (κ1) is 79.4. The highest BCUT2D eigenvalue weighted by Crippen LogP contribution is 2.18. The smallest absolute Gasteiger partial charge is 0.306 e. The lowest BCUT2D eigenvalue weighted by Gasteiger charge is -2.18. The predicted molar refractivity (Wildman–Crippen MR) is 358 cm³/mol. The Balaban J connectivity index is 4.14. The van der Waals surface area contributed by atoms with Gasteiger partial charge in [0.2, 0.25) is 0 Å². The largest absolute Gasteiger partial charge is 0.462 e. The molecule has 1 unspecified atom stereocenters. The summed E-state index contributed by atoms with van der Waals surface area (Å²) in [7, 11) is 0. The van der Waals surface area contributed by atoms with Crippen molar-refractivity contribution in [3.63, 3.8) is 0 Å². The zero-order valence-electron chi connectivity index (χ0n) is 55.3. The Bertz CT molecular complexity index is 1410. The van der Waals surface area contributed by atoms with Crippen molar-refractivity contribution in [1.82, 2.24) is 0 Å². The zero-order chi connectivity index (χ0) is 59.2. The molecular weight excluding hydrogens is 1010 g/mol. The maximum absolute atomic E-state index is 12.9. The summed E-state index contributed by atoms with van der Waals surface area (Å²) in [6, 6.07) is 0. The van der Waals surface area contributed by atoms with Gasteiger partial charge in [-0.25, -0.2) is 0 Å². The van der Waals surface area contributed by atoms with E-state index in [1.54, 1.807) is 0 Å². The Kier molecular flexibility index (Phi) is 68.6. The van der Waals surface area contributed by atoms with Gasteiger partial charge in [-0.05, 0) is 83.5 Å². The van der Waals surface area contributed by atoms with E-state index in [0.29, 0.717) is 19.3 Å². The van der Waals surface area contributed by atoms with Crippen LogP contribution >= 0.6 is 0 Å². The molecule has 0 saturated carbocycles. The SMILES string of the molecule is CCCCCCC/C=C\C/C=C\C/C=C\CCCCCCCCCCCCCCCCCCCCC(=O)OCC(COC(=O)CCCCCCC/C=C\CCCCCCC)OC(=O)CCCCCCCCCCCCCCCCCCC. The highest BCUT2D eigenvalue weighted by molar-refractivity contribution is 5.71. The number of carbonyl (C=O) groups excluding carboxylic acids is 3. The van der Waals surface area contributed by atoms with Crippen LogP contribution < -0.4 is 0 Å². The maximum atomic E-state index is 12.9. The molecule has 0 aliphatic carbocycles. The van der Waals surface area contributed by atoms with Crippen LogP contribution in [0.2, 0.25) is 0 Å². The monoisotopic (exact) mass is 1150 g/mol. The van der Waals surface area contributed by atoms with Crippen molar-refractivity contribution < 1.29 is 28.6 Å². The van der Waals surface area contributed by atoms with Crippen LogP contribution in [0.25, 0.3) is 0 Å². The van der Waals surface area contributed by atoms with Crippen LogP contribution in [-0.2, 0) is 28.6 Å². The zero-order valence-corrected chi connectivity index (χ0v) is 55.3. The summed E-state index contributed by atoms with van der Waals surface area (Å²) < 4.78 is 17.0. The van der Waals surface area contributed by atoms with E-state index >= 15 is 0 Å². The molecule has 0 aliphatic rings. The van der Waals surface area contributed by atoms with E-state index in [-0.39, 0.29) is 31.1 Å². The van der Waals surface area contributed by atoms with Gasteiger partial charge in [-0.1, -0.05) is 345 Å². The second kappa shape index (κ2) is 70.9. The Morgan fingerprint density at radius 1 is 0.244 bits per heavy atom. The fraction of sp³-hybridized carbons (Fsp3) is 0.855. The van der Waals surface area contributed by atoms with E-state index in [0.717, 1.165) is 77.0 Å². The molecule has 0 rings (SSSR count). The van der Waals surface area contributed by atoms with Gasteiger partial charge < -0.3 is 14.2 Å². The van der Waals surface area contributed by atoms with Gasteiger partial charge in [-0.2, -0.15) is 0 Å². The minimum atomic E-state index is -0.773. The van der Waals surface area contributed by atoms with E-state index < -0.39 is 6.10 Å². The Morgan fingerprint density at radius 2 is 0.439 bits per heavy atom. The standard InChI is InChI=1S/C76H140O6/c1-4-7-10-13-16-19-22-25-28-30-31-32-33-34-35-36-37-38-39-40-41-42-43-44-45-47-48-51-54-57-60-63-66-69-75(78)81-72-73(71-80-74(77)68-65-62-59-56-53-50-27-24-21-18-15-12-9-6-3)82-76(79)70-67-64-61-58-55-52-49-46-29-26-23-20-17-14-11-8-5-2/h22,24-25,27,30-31,33-34,73H,4-21,23,26,28-29,32,35-72H2,1-3H3/b25-22-,27-24-,31-30-,34-33-. The van der Waals surface area contributed by atoms with Gasteiger partial charge in [0.15, 0.2) is 6.10 Å². The van der Waals surface area contributed by atoms with Crippen LogP contribution in [0, 0.1) is 0 Å². The van der Waals surface area contributed by atoms with Gasteiger partial charge in [0.1, 0.15) is 13.2 Å². The lowest BCUT2D eigenvalue weighted by Crippen LogP contribution is -2.30. The molecule has 0 aromatic heterocycles. The normalized spacial score (nSPS) is 12.3. The number of unbranched alkanes of at least 4 members (excludes halogenated alkanes) is 49. The first-order valence-corrected chi connectivity index (χ1v) is 36.6. The molecule has 1 atom stereocenters. The second-order valence-corrected chi connectivity index (χ2v) is 24.9. The number of carbonyl (C=O) groups is 3. The highest BCUT2D eigenvalue weighted by Gasteiger charge is 2.19. The van der Waals surface area contributed by atoms with E-state index in [9.17, 15) is 14.4 Å². The average molecular weight is 1150 g/mol. The van der Waals surface area contributed by atoms with Crippen molar-refractivity contribution in [2.75, 3.05) is 13.2 Å². The minimum Gasteiger partial charge on any atom is -0.462 e. The third kappa shape index (κ3) is 68.2. The topological polar surface area (TPSA) is 78.9 Å². The number of hydrogen-bond acceptors (Lipinski definition) is 6. The molecule has 0 fully saturated rings. The average Bonchev–Trinajstić information content (AvgIpc) is 3.47. The quantitative estimate of drug-likeness (QED) is 0.0261. The van der Waals surface area contributed by atoms with Gasteiger partial charge in [0.25, 0.3) is 0 Å². The molecule has 0 heterocycles. The molecule has 0 aliphatic heterocycles. The summed E-state index contributed by atoms with van der Waals surface area (Å²) >= 11 is 0. The third-order valence-corrected chi connectivity index (χ3v) is 16.6. The fourth-order valence-electron chi connectivity index (χ4n) is 11.0. The summed E-state index contributed by atoms with van der Waals surface area (Å²) in [6.07, 6.45) is 90.1. The van der Waals surface area contributed by atoms with Crippen molar-refractivity contribution in [3.8, 4) is 0 Å². The lowest BCUT2D eigenvalue weighted by atomic mass is 10.0. The van der Waals surface area contributed by atoms with Crippen LogP contribution in [0.4, 0.5) is 0 Å². The maximum Gasteiger partial charge on any atom is 0.306 e. The molecule has 0 bridgehead atoms. The molecule has 480 valence electrons. The Hall–Kier alpha value is -2.63. The molecule has 0 spiro atoms. The van der Waals surface area contributed by atoms with Gasteiger partial charge in [-0.15, -0.1) is 0 Å². The van der Waals surface area contributed by atoms with Crippen molar-refractivity contribution in [3.05, 3.63) is 48.6 Å². The van der Waals surface area contributed by atoms with E-state index in [2.05, 4.69) is 69.4 Å². The molecule has 0 aromatic carbocycles. The highest BCUT2D eigenvalue weighted by atomic mass is 16.6. The summed E-state index contributed by atoms with van der Waals surface area (Å²) in [5.74, 6) is -0.850. The Morgan fingerprint density at radius 3 is 0.695 bits per heavy atom. The third-order valence-electron chi connectivity index (χ3n) is 16.6. The molecular formula is C76H140O6. The van der Waals surface area contributed by atoms with Gasteiger partial charge >= 0.3 is 17.9 Å². The van der Waals surface area contributed by atoms with Gasteiger partial charge in [0, 0.05) is 19.3 Å². The van der Waals surface area contributed by atoms with Crippen LogP contribution in [0.5, 0.6) is 0 Å². The number of allylic oxidation sites excluding steroid dienone is 8. The van der Waals surface area contributed by atoms with Crippen molar-refractivity contribution in [2.24, 2.45) is 0 Å². The number of hydrogen-bond donors (Lipinski definition) is 0. The first-order valence-electron chi connectivity index (χ1n) is 36.6. The fourth-order valence-corrected chi connectivity index (χ4v) is 11.0. The summed E-state index contributed by atoms with van der Waals surface area (Å²) in [5.41, 5.74) is 0. The van der Waals surface area contributed by atoms with E-state index in [1.165, 1.54) is 283 Å². The van der Waals surface area contributed by atoms with Crippen molar-refractivity contribution >= 4 is 17.9 Å². The number of ether oxygens (including phenoxy) is 3. The lowest BCUT2D eigenvalue weighted by molar-refractivity contribution is -0.167. The van der Waals surface area contributed by atoms with Crippen molar-refractivity contribution in [1.29, 1.82) is 0 Å². The summed E-state index contributed by atoms with van der Waals surface area (Å²) in [5, 5.41) is 0. The summed E-state index contributed by atoms with van der Waals surface area (Å²) in [6.45, 7) is 6.68. The number of esters is 3. The van der Waals surface area contributed by atoms with Gasteiger partial charge in [0.05, 0.1) is 0 Å². The predicted octanol–water partition coefficient (Wildman–Crippen LogP) is 25.3. The molecule has 0 N–H and O–H groups in total. The molecule has 0 amide bonds. The van der Waals surface area contributed by atoms with Crippen LogP contribution in [0.15, 0.2) is 48.6 Å². The Labute approximate surface area is 511 Å². The molecule has 6 heteroatoms. The molecule has 0 saturated heterocycles. The van der Waals surface area contributed by atoms with E-state index in [1.807, 2.05) is 0 Å². The molecule has 0 radical (unpaired) electrons. The van der Waals surface area contributed by atoms with Gasteiger partial charge in [-0.3, -0.25) is 14.4 Å². The minimum absolute atomic E-state index is 0.0697. The van der Waals surface area contributed by atoms with E-state index in [4.69, 9.17) is 14.2 Å². The second-order valence-electron chi connectivity index (χ2n) is 24.9. The first-order chi connectivity index (χ1) is 40.5.